The van der Waals surface area contributed by atoms with Crippen molar-refractivity contribution in [2.45, 2.75) is 13.3 Å². The third kappa shape index (κ3) is 3.72. The number of ether oxygens (including phenoxy) is 1. The van der Waals surface area contributed by atoms with E-state index in [0.717, 1.165) is 0 Å². The molecule has 0 aromatic rings. The van der Waals surface area contributed by atoms with Crippen LogP contribution < -0.4 is 0 Å². The van der Waals surface area contributed by atoms with Gasteiger partial charge in [0.2, 0.25) is 0 Å². The molecule has 0 rings (SSSR count). The zero-order chi connectivity index (χ0) is 8.85. The van der Waals surface area contributed by atoms with Crippen LogP contribution in [-0.4, -0.2) is 30.6 Å². The molecule has 0 heterocycles. The first-order chi connectivity index (χ1) is 5.11. The molecular formula is C7H12O4. The maximum Gasteiger partial charge on any atom is 0.306 e. The predicted molar refractivity (Wildman–Crippen MR) is 37.9 cm³/mol. The number of methoxy groups -OCH3 is 1. The second kappa shape index (κ2) is 4.85. The molecule has 64 valence electrons. The molecule has 0 amide bonds. The molecule has 0 fully saturated rings. The minimum Gasteiger partial charge on any atom is -0.469 e. The Kier molecular flexibility index (Phi) is 4.45. The van der Waals surface area contributed by atoms with Crippen molar-refractivity contribution < 1.29 is 19.4 Å². The number of carbonyl (C=O) groups excluding carboxylic acids is 2. The van der Waals surface area contributed by atoms with Gasteiger partial charge in [-0.2, -0.15) is 0 Å². The summed E-state index contributed by atoms with van der Waals surface area (Å²) in [5.41, 5.74) is 0. The second-order valence-corrected chi connectivity index (χ2v) is 2.31. The predicted octanol–water partition coefficient (Wildman–Crippen LogP) is -0.253. The first-order valence-electron chi connectivity index (χ1n) is 3.32. The van der Waals surface area contributed by atoms with E-state index in [1.807, 2.05) is 0 Å². The first kappa shape index (κ1) is 10.1. The van der Waals surface area contributed by atoms with E-state index < -0.39 is 18.5 Å². The van der Waals surface area contributed by atoms with E-state index in [1.54, 1.807) is 6.92 Å². The molecule has 1 atom stereocenters. The van der Waals surface area contributed by atoms with Crippen LogP contribution in [-0.2, 0) is 14.3 Å². The molecule has 0 saturated heterocycles. The lowest BCUT2D eigenvalue weighted by Crippen LogP contribution is -2.18. The van der Waals surface area contributed by atoms with Crippen molar-refractivity contribution in [3.63, 3.8) is 0 Å². The topological polar surface area (TPSA) is 63.6 Å². The third-order valence-corrected chi connectivity index (χ3v) is 1.41. The molecular weight excluding hydrogens is 148 g/mol. The lowest BCUT2D eigenvalue weighted by molar-refractivity contribution is -0.143. The molecule has 1 N–H and O–H groups in total. The molecule has 0 aliphatic rings. The standard InChI is InChI=1S/C7H12O4/c1-5(6(9)4-8)3-7(10)11-2/h5,8H,3-4H2,1-2H3. The van der Waals surface area contributed by atoms with Crippen LogP contribution in [0.25, 0.3) is 0 Å². The van der Waals surface area contributed by atoms with Crippen LogP contribution in [0.2, 0.25) is 0 Å². The number of hydrogen-bond donors (Lipinski definition) is 1. The minimum absolute atomic E-state index is 0.0376. The van der Waals surface area contributed by atoms with Gasteiger partial charge < -0.3 is 9.84 Å². The fraction of sp³-hybridized carbons (Fsp3) is 0.714. The smallest absolute Gasteiger partial charge is 0.306 e. The maximum atomic E-state index is 10.7. The van der Waals surface area contributed by atoms with Gasteiger partial charge in [0.15, 0.2) is 5.78 Å². The maximum absolute atomic E-state index is 10.7. The number of hydrogen-bond acceptors (Lipinski definition) is 4. The summed E-state index contributed by atoms with van der Waals surface area (Å²) in [5, 5.41) is 8.39. The van der Waals surface area contributed by atoms with E-state index in [-0.39, 0.29) is 12.2 Å². The average molecular weight is 160 g/mol. The molecule has 11 heavy (non-hydrogen) atoms. The fourth-order valence-corrected chi connectivity index (χ4v) is 0.603. The van der Waals surface area contributed by atoms with Crippen LogP contribution in [0.5, 0.6) is 0 Å². The van der Waals surface area contributed by atoms with Gasteiger partial charge in [-0.25, -0.2) is 0 Å². The third-order valence-electron chi connectivity index (χ3n) is 1.41. The molecule has 0 spiro atoms. The van der Waals surface area contributed by atoms with Gasteiger partial charge in [0, 0.05) is 5.92 Å². The van der Waals surface area contributed by atoms with E-state index in [4.69, 9.17) is 5.11 Å². The van der Waals surface area contributed by atoms with E-state index in [0.29, 0.717) is 0 Å². The largest absolute Gasteiger partial charge is 0.469 e. The van der Waals surface area contributed by atoms with Gasteiger partial charge in [-0.3, -0.25) is 9.59 Å². The Bertz CT molecular complexity index is 153. The summed E-state index contributed by atoms with van der Waals surface area (Å²) in [7, 11) is 1.26. The summed E-state index contributed by atoms with van der Waals surface area (Å²) in [6, 6.07) is 0. The Morgan fingerprint density at radius 1 is 1.55 bits per heavy atom. The highest BCUT2D eigenvalue weighted by atomic mass is 16.5. The molecule has 0 aromatic carbocycles. The molecule has 0 aliphatic carbocycles. The lowest BCUT2D eigenvalue weighted by atomic mass is 10.0. The van der Waals surface area contributed by atoms with Crippen molar-refractivity contribution in [1.29, 1.82) is 0 Å². The van der Waals surface area contributed by atoms with Crippen molar-refractivity contribution >= 4 is 11.8 Å². The quantitative estimate of drug-likeness (QED) is 0.576. The van der Waals surface area contributed by atoms with E-state index in [2.05, 4.69) is 4.74 Å². The highest BCUT2D eigenvalue weighted by Crippen LogP contribution is 2.03. The van der Waals surface area contributed by atoms with Gasteiger partial charge >= 0.3 is 5.97 Å². The summed E-state index contributed by atoms with van der Waals surface area (Å²) in [5.74, 6) is -1.22. The number of carbonyl (C=O) groups is 2. The Morgan fingerprint density at radius 2 is 2.09 bits per heavy atom. The number of ketones is 1. The van der Waals surface area contributed by atoms with Gasteiger partial charge in [0.25, 0.3) is 0 Å². The van der Waals surface area contributed by atoms with Crippen molar-refractivity contribution in [1.82, 2.24) is 0 Å². The number of Topliss-reactive ketones (excluding diaryl/α,β-unsaturated/α-hetero) is 1. The molecule has 1 unspecified atom stereocenters. The number of aliphatic hydroxyl groups is 1. The van der Waals surface area contributed by atoms with Gasteiger partial charge in [0.1, 0.15) is 6.61 Å². The first-order valence-corrected chi connectivity index (χ1v) is 3.32. The van der Waals surface area contributed by atoms with Gasteiger partial charge in [-0.05, 0) is 0 Å². The highest BCUT2D eigenvalue weighted by Gasteiger charge is 2.15. The average Bonchev–Trinajstić information content (AvgIpc) is 2.02. The van der Waals surface area contributed by atoms with Gasteiger partial charge in [0.05, 0.1) is 13.5 Å². The summed E-state index contributed by atoms with van der Waals surface area (Å²) < 4.78 is 4.34. The Balaban J connectivity index is 3.77. The van der Waals surface area contributed by atoms with Gasteiger partial charge in [-0.15, -0.1) is 0 Å². The fourth-order valence-electron chi connectivity index (χ4n) is 0.603. The van der Waals surface area contributed by atoms with Gasteiger partial charge in [-0.1, -0.05) is 6.92 Å². The number of rotatable bonds is 4. The van der Waals surface area contributed by atoms with Crippen LogP contribution in [0.3, 0.4) is 0 Å². The van der Waals surface area contributed by atoms with Crippen molar-refractivity contribution in [2.24, 2.45) is 5.92 Å². The molecule has 0 saturated carbocycles. The monoisotopic (exact) mass is 160 g/mol. The molecule has 0 aromatic heterocycles. The molecule has 0 bridgehead atoms. The summed E-state index contributed by atoms with van der Waals surface area (Å²) in [6.45, 7) is 1.06. The van der Waals surface area contributed by atoms with Crippen LogP contribution in [0.15, 0.2) is 0 Å². The summed E-state index contributed by atoms with van der Waals surface area (Å²) in [6.07, 6.45) is 0.0376. The van der Waals surface area contributed by atoms with Crippen molar-refractivity contribution in [2.75, 3.05) is 13.7 Å². The normalized spacial score (nSPS) is 12.3. The zero-order valence-electron chi connectivity index (χ0n) is 6.66. The molecule has 0 radical (unpaired) electrons. The van der Waals surface area contributed by atoms with E-state index in [9.17, 15) is 9.59 Å². The SMILES string of the molecule is COC(=O)CC(C)C(=O)CO. The van der Waals surface area contributed by atoms with Crippen LogP contribution in [0.4, 0.5) is 0 Å². The molecule has 4 heteroatoms. The summed E-state index contributed by atoms with van der Waals surface area (Å²) in [4.78, 5) is 21.3. The lowest BCUT2D eigenvalue weighted by Gasteiger charge is -2.05. The Labute approximate surface area is 65.2 Å². The Morgan fingerprint density at radius 3 is 2.45 bits per heavy atom. The highest BCUT2D eigenvalue weighted by molar-refractivity contribution is 5.85. The van der Waals surface area contributed by atoms with Crippen LogP contribution in [0.1, 0.15) is 13.3 Å². The summed E-state index contributed by atoms with van der Waals surface area (Å²) >= 11 is 0. The van der Waals surface area contributed by atoms with Crippen LogP contribution in [0, 0.1) is 5.92 Å². The molecule has 0 aliphatic heterocycles. The Hall–Kier alpha value is -0.900. The number of esters is 1. The van der Waals surface area contributed by atoms with Crippen LogP contribution >= 0.6 is 0 Å². The van der Waals surface area contributed by atoms with Crippen molar-refractivity contribution in [3.05, 3.63) is 0 Å². The minimum atomic E-state index is -0.516. The van der Waals surface area contributed by atoms with Crippen molar-refractivity contribution in [3.8, 4) is 0 Å². The molecule has 4 nitrogen and oxygen atoms in total. The zero-order valence-corrected chi connectivity index (χ0v) is 6.66. The number of aliphatic hydroxyl groups excluding tert-OH is 1. The van der Waals surface area contributed by atoms with E-state index in [1.165, 1.54) is 7.11 Å². The van der Waals surface area contributed by atoms with E-state index >= 15 is 0 Å². The second-order valence-electron chi connectivity index (χ2n) is 2.31.